The van der Waals surface area contributed by atoms with Crippen LogP contribution in [0.15, 0.2) is 24.3 Å². The predicted octanol–water partition coefficient (Wildman–Crippen LogP) is 2.90. The SMILES string of the molecule is Cc1nn(CCC#N)c(C)c1CCC(=O)NCc1cccc(C(=O)N2CCCC2)c1. The minimum atomic E-state index is -0.0325. The zero-order valence-corrected chi connectivity index (χ0v) is 17.8. The number of nitriles is 1. The lowest BCUT2D eigenvalue weighted by Gasteiger charge is -2.15. The first-order valence-electron chi connectivity index (χ1n) is 10.5. The standard InChI is InChI=1S/C23H29N5O2/c1-17-21(18(2)28(26-17)14-6-11-24)9-10-22(29)25-16-19-7-5-8-20(15-19)23(30)27-12-3-4-13-27/h5,7-8,15H,3-4,6,9-10,12-14,16H2,1-2H3,(H,25,29). The van der Waals surface area contributed by atoms with E-state index in [0.29, 0.717) is 37.9 Å². The molecule has 7 nitrogen and oxygen atoms in total. The molecule has 1 aliphatic heterocycles. The molecule has 1 saturated heterocycles. The fraction of sp³-hybridized carbons (Fsp3) is 0.478. The normalized spacial score (nSPS) is 13.3. The Morgan fingerprint density at radius 3 is 2.73 bits per heavy atom. The fourth-order valence-corrected chi connectivity index (χ4v) is 3.91. The highest BCUT2D eigenvalue weighted by molar-refractivity contribution is 5.94. The monoisotopic (exact) mass is 407 g/mol. The molecule has 0 atom stereocenters. The van der Waals surface area contributed by atoms with Crippen LogP contribution in [0.1, 0.15) is 58.6 Å². The molecule has 2 aromatic rings. The van der Waals surface area contributed by atoms with E-state index < -0.39 is 0 Å². The first kappa shape index (κ1) is 21.6. The molecular weight excluding hydrogens is 378 g/mol. The molecule has 1 aliphatic rings. The number of nitrogens with one attached hydrogen (secondary N) is 1. The van der Waals surface area contributed by atoms with Gasteiger partial charge in [0.05, 0.1) is 24.7 Å². The molecule has 2 amide bonds. The van der Waals surface area contributed by atoms with Gasteiger partial charge >= 0.3 is 0 Å². The van der Waals surface area contributed by atoms with E-state index in [1.54, 1.807) is 0 Å². The number of hydrogen-bond donors (Lipinski definition) is 1. The van der Waals surface area contributed by atoms with Crippen LogP contribution in [0, 0.1) is 25.2 Å². The first-order chi connectivity index (χ1) is 14.5. The number of rotatable bonds is 8. The number of aromatic nitrogens is 2. The Morgan fingerprint density at radius 1 is 1.23 bits per heavy atom. The van der Waals surface area contributed by atoms with Gasteiger partial charge in [0.15, 0.2) is 0 Å². The van der Waals surface area contributed by atoms with Crippen molar-refractivity contribution >= 4 is 11.8 Å². The van der Waals surface area contributed by atoms with Crippen LogP contribution in [0.25, 0.3) is 0 Å². The summed E-state index contributed by atoms with van der Waals surface area (Å²) in [6.07, 6.45) is 3.54. The van der Waals surface area contributed by atoms with Crippen molar-refractivity contribution in [3.05, 3.63) is 52.3 Å². The predicted molar refractivity (Wildman–Crippen MR) is 114 cm³/mol. The van der Waals surface area contributed by atoms with Crippen molar-refractivity contribution in [2.24, 2.45) is 0 Å². The molecule has 0 spiro atoms. The van der Waals surface area contributed by atoms with Crippen LogP contribution >= 0.6 is 0 Å². The van der Waals surface area contributed by atoms with Crippen molar-refractivity contribution in [2.75, 3.05) is 13.1 Å². The van der Waals surface area contributed by atoms with Crippen LogP contribution in [0.3, 0.4) is 0 Å². The molecule has 1 fully saturated rings. The first-order valence-corrected chi connectivity index (χ1v) is 10.5. The van der Waals surface area contributed by atoms with Gasteiger partial charge in [0.25, 0.3) is 5.91 Å². The molecule has 0 bridgehead atoms. The Kier molecular flexibility index (Phi) is 7.23. The minimum absolute atomic E-state index is 0.0325. The highest BCUT2D eigenvalue weighted by Gasteiger charge is 2.19. The van der Waals surface area contributed by atoms with Crippen LogP contribution < -0.4 is 5.32 Å². The van der Waals surface area contributed by atoms with Gasteiger partial charge in [-0.25, -0.2) is 0 Å². The van der Waals surface area contributed by atoms with E-state index in [2.05, 4.69) is 16.5 Å². The molecular formula is C23H29N5O2. The number of nitrogens with zero attached hydrogens (tertiary/aromatic N) is 4. The lowest BCUT2D eigenvalue weighted by Crippen LogP contribution is -2.28. The molecule has 7 heteroatoms. The van der Waals surface area contributed by atoms with Crippen LogP contribution in [-0.4, -0.2) is 39.6 Å². The van der Waals surface area contributed by atoms with Crippen molar-refractivity contribution in [1.29, 1.82) is 5.26 Å². The Morgan fingerprint density at radius 2 is 2.00 bits per heavy atom. The molecule has 0 saturated carbocycles. The molecule has 0 unspecified atom stereocenters. The zero-order chi connectivity index (χ0) is 21.5. The summed E-state index contributed by atoms with van der Waals surface area (Å²) in [4.78, 5) is 26.8. The van der Waals surface area contributed by atoms with Gasteiger partial charge in [-0.05, 0) is 56.4 Å². The molecule has 0 aliphatic carbocycles. The summed E-state index contributed by atoms with van der Waals surface area (Å²) < 4.78 is 1.84. The summed E-state index contributed by atoms with van der Waals surface area (Å²) in [5.74, 6) is 0.0369. The molecule has 3 rings (SSSR count). The summed E-state index contributed by atoms with van der Waals surface area (Å²) >= 11 is 0. The number of likely N-dealkylation sites (tertiary alicyclic amines) is 1. The van der Waals surface area contributed by atoms with E-state index in [9.17, 15) is 9.59 Å². The Bertz CT molecular complexity index is 951. The summed E-state index contributed by atoms with van der Waals surface area (Å²) in [6.45, 7) is 6.54. The van der Waals surface area contributed by atoms with Crippen LogP contribution in [0.4, 0.5) is 0 Å². The van der Waals surface area contributed by atoms with Crippen molar-refractivity contribution in [2.45, 2.75) is 59.0 Å². The highest BCUT2D eigenvalue weighted by atomic mass is 16.2. The summed E-state index contributed by atoms with van der Waals surface area (Å²) in [5, 5.41) is 16.2. The third kappa shape index (κ3) is 5.26. The van der Waals surface area contributed by atoms with Gasteiger partial charge in [-0.1, -0.05) is 12.1 Å². The van der Waals surface area contributed by atoms with Crippen LogP contribution in [0.5, 0.6) is 0 Å². The lowest BCUT2D eigenvalue weighted by molar-refractivity contribution is -0.121. The van der Waals surface area contributed by atoms with E-state index in [1.165, 1.54) is 0 Å². The minimum Gasteiger partial charge on any atom is -0.352 e. The number of amides is 2. The molecule has 30 heavy (non-hydrogen) atoms. The van der Waals surface area contributed by atoms with Crippen molar-refractivity contribution < 1.29 is 9.59 Å². The zero-order valence-electron chi connectivity index (χ0n) is 17.8. The molecule has 0 radical (unpaired) electrons. The van der Waals surface area contributed by atoms with Crippen molar-refractivity contribution in [3.8, 4) is 6.07 Å². The van der Waals surface area contributed by atoms with E-state index >= 15 is 0 Å². The van der Waals surface area contributed by atoms with Gasteiger partial charge in [-0.15, -0.1) is 0 Å². The van der Waals surface area contributed by atoms with Crippen LogP contribution in [-0.2, 0) is 24.3 Å². The van der Waals surface area contributed by atoms with Gasteiger partial charge < -0.3 is 10.2 Å². The van der Waals surface area contributed by atoms with Crippen molar-refractivity contribution in [1.82, 2.24) is 20.0 Å². The Hall–Kier alpha value is -3.14. The van der Waals surface area contributed by atoms with E-state index in [-0.39, 0.29) is 11.8 Å². The number of carbonyl (C=O) groups is 2. The largest absolute Gasteiger partial charge is 0.352 e. The number of benzene rings is 1. The van der Waals surface area contributed by atoms with Crippen LogP contribution in [0.2, 0.25) is 0 Å². The average molecular weight is 408 g/mol. The molecule has 158 valence electrons. The van der Waals surface area contributed by atoms with E-state index in [0.717, 1.165) is 48.4 Å². The topological polar surface area (TPSA) is 91.0 Å². The van der Waals surface area contributed by atoms with Gasteiger partial charge in [0.2, 0.25) is 5.91 Å². The summed E-state index contributed by atoms with van der Waals surface area (Å²) in [7, 11) is 0. The quantitative estimate of drug-likeness (QED) is 0.728. The number of hydrogen-bond acceptors (Lipinski definition) is 4. The molecule has 1 N–H and O–H groups in total. The maximum Gasteiger partial charge on any atom is 0.253 e. The van der Waals surface area contributed by atoms with Gasteiger partial charge in [-0.2, -0.15) is 10.4 Å². The number of carbonyl (C=O) groups excluding carboxylic acids is 2. The lowest BCUT2D eigenvalue weighted by atomic mass is 10.1. The van der Waals surface area contributed by atoms with E-state index in [1.807, 2.05) is 47.7 Å². The second-order valence-electron chi connectivity index (χ2n) is 7.76. The molecule has 1 aromatic carbocycles. The third-order valence-electron chi connectivity index (χ3n) is 5.63. The summed E-state index contributed by atoms with van der Waals surface area (Å²) in [5.41, 5.74) is 4.60. The Balaban J connectivity index is 1.52. The third-order valence-corrected chi connectivity index (χ3v) is 5.63. The molecule has 1 aromatic heterocycles. The van der Waals surface area contributed by atoms with E-state index in [4.69, 9.17) is 5.26 Å². The fourth-order valence-electron chi connectivity index (χ4n) is 3.91. The Labute approximate surface area is 177 Å². The maximum absolute atomic E-state index is 12.5. The summed E-state index contributed by atoms with van der Waals surface area (Å²) in [6, 6.07) is 9.63. The van der Waals surface area contributed by atoms with Crippen molar-refractivity contribution in [3.63, 3.8) is 0 Å². The second-order valence-corrected chi connectivity index (χ2v) is 7.76. The maximum atomic E-state index is 12.5. The van der Waals surface area contributed by atoms with Gasteiger partial charge in [0, 0.05) is 37.3 Å². The average Bonchev–Trinajstić information content (AvgIpc) is 3.38. The highest BCUT2D eigenvalue weighted by Crippen LogP contribution is 2.16. The second kappa shape index (κ2) is 10.1. The number of aryl methyl sites for hydroxylation is 2. The van der Waals surface area contributed by atoms with Gasteiger partial charge in [0.1, 0.15) is 0 Å². The molecule has 2 heterocycles. The van der Waals surface area contributed by atoms with Gasteiger partial charge in [-0.3, -0.25) is 14.3 Å². The smallest absolute Gasteiger partial charge is 0.253 e.